The fraction of sp³-hybridized carbons (Fsp3) is 0.143. The van der Waals surface area contributed by atoms with E-state index < -0.39 is 0 Å². The first kappa shape index (κ1) is 10.5. The molecular formula is C7H7Br3N2. The number of benzene rings is 1. The normalized spacial score (nSPS) is 10.1. The van der Waals surface area contributed by atoms with E-state index in [2.05, 4.69) is 47.8 Å². The molecule has 0 spiro atoms. The van der Waals surface area contributed by atoms with Gasteiger partial charge in [0.25, 0.3) is 0 Å². The summed E-state index contributed by atoms with van der Waals surface area (Å²) >= 11 is 10.2. The van der Waals surface area contributed by atoms with Crippen LogP contribution in [0, 0.1) is 0 Å². The van der Waals surface area contributed by atoms with Crippen molar-refractivity contribution in [1.29, 1.82) is 0 Å². The molecule has 0 saturated heterocycles. The number of hydrazine groups is 1. The zero-order valence-corrected chi connectivity index (χ0v) is 11.1. The molecule has 0 aliphatic heterocycles. The number of hydrogen-bond acceptors (Lipinski definition) is 2. The molecule has 0 bridgehead atoms. The van der Waals surface area contributed by atoms with Crippen molar-refractivity contribution in [2.75, 3.05) is 12.1 Å². The molecule has 0 saturated carbocycles. The predicted molar refractivity (Wildman–Crippen MR) is 62.1 cm³/mol. The van der Waals surface area contributed by atoms with Crippen LogP contribution in [0.3, 0.4) is 0 Å². The van der Waals surface area contributed by atoms with Gasteiger partial charge in [-0.3, -0.25) is 0 Å². The molecule has 5 heteroatoms. The van der Waals surface area contributed by atoms with E-state index in [0.29, 0.717) is 0 Å². The first-order valence-electron chi connectivity index (χ1n) is 3.16. The summed E-state index contributed by atoms with van der Waals surface area (Å²) in [5.74, 6) is 5.60. The Hall–Kier alpha value is 0.420. The van der Waals surface area contributed by atoms with Crippen LogP contribution >= 0.6 is 47.8 Å². The van der Waals surface area contributed by atoms with Crippen molar-refractivity contribution >= 4 is 53.5 Å². The molecule has 2 N–H and O–H groups in total. The summed E-state index contributed by atoms with van der Waals surface area (Å²) in [6.07, 6.45) is 0. The molecule has 0 aliphatic rings. The molecule has 12 heavy (non-hydrogen) atoms. The van der Waals surface area contributed by atoms with Gasteiger partial charge in [0, 0.05) is 16.0 Å². The molecule has 0 amide bonds. The minimum atomic E-state index is 0.935. The molecule has 0 heterocycles. The van der Waals surface area contributed by atoms with Gasteiger partial charge in [0.1, 0.15) is 0 Å². The van der Waals surface area contributed by atoms with Crippen LogP contribution in [-0.4, -0.2) is 7.05 Å². The molecule has 1 rings (SSSR count). The number of halogens is 3. The van der Waals surface area contributed by atoms with E-state index in [0.717, 1.165) is 19.1 Å². The highest BCUT2D eigenvalue weighted by molar-refractivity contribution is 9.14. The Morgan fingerprint density at radius 2 is 1.75 bits per heavy atom. The second-order valence-electron chi connectivity index (χ2n) is 2.31. The Kier molecular flexibility index (Phi) is 3.58. The standard InChI is InChI=1S/C7H7Br3N2/c1-12(11)5-3-2-4(8)6(9)7(5)10/h2-3H,11H2,1H3. The van der Waals surface area contributed by atoms with Crippen molar-refractivity contribution in [2.45, 2.75) is 0 Å². The van der Waals surface area contributed by atoms with Gasteiger partial charge in [-0.25, -0.2) is 5.84 Å². The lowest BCUT2D eigenvalue weighted by molar-refractivity contribution is 1.01. The molecule has 66 valence electrons. The first-order chi connectivity index (χ1) is 5.54. The summed E-state index contributed by atoms with van der Waals surface area (Å²) in [7, 11) is 1.79. The van der Waals surface area contributed by atoms with Crippen molar-refractivity contribution in [3.8, 4) is 0 Å². The summed E-state index contributed by atoms with van der Waals surface area (Å²) in [5, 5.41) is 1.56. The third-order valence-electron chi connectivity index (χ3n) is 1.39. The van der Waals surface area contributed by atoms with Crippen molar-refractivity contribution in [3.63, 3.8) is 0 Å². The van der Waals surface area contributed by atoms with E-state index in [1.54, 1.807) is 12.1 Å². The van der Waals surface area contributed by atoms with E-state index in [-0.39, 0.29) is 0 Å². The maximum absolute atomic E-state index is 5.60. The third-order valence-corrected chi connectivity index (χ3v) is 4.75. The van der Waals surface area contributed by atoms with Crippen molar-refractivity contribution in [2.24, 2.45) is 5.84 Å². The largest absolute Gasteiger partial charge is 0.313 e. The van der Waals surface area contributed by atoms with Crippen LogP contribution in [-0.2, 0) is 0 Å². The Morgan fingerprint density at radius 3 is 2.25 bits per heavy atom. The lowest BCUT2D eigenvalue weighted by atomic mass is 10.3. The highest BCUT2D eigenvalue weighted by atomic mass is 79.9. The highest BCUT2D eigenvalue weighted by Gasteiger charge is 2.08. The van der Waals surface area contributed by atoms with Crippen LogP contribution in [0.4, 0.5) is 5.69 Å². The van der Waals surface area contributed by atoms with Gasteiger partial charge in [-0.2, -0.15) is 0 Å². The number of anilines is 1. The summed E-state index contributed by atoms with van der Waals surface area (Å²) in [4.78, 5) is 0. The van der Waals surface area contributed by atoms with Gasteiger partial charge in [0.15, 0.2) is 0 Å². The van der Waals surface area contributed by atoms with Crippen LogP contribution in [0.15, 0.2) is 25.6 Å². The van der Waals surface area contributed by atoms with Crippen LogP contribution in [0.5, 0.6) is 0 Å². The van der Waals surface area contributed by atoms with E-state index >= 15 is 0 Å². The van der Waals surface area contributed by atoms with Crippen molar-refractivity contribution in [3.05, 3.63) is 25.6 Å². The lowest BCUT2D eigenvalue weighted by Gasteiger charge is -2.15. The zero-order chi connectivity index (χ0) is 9.30. The maximum atomic E-state index is 5.60. The number of nitrogens with two attached hydrogens (primary N) is 1. The molecular weight excluding hydrogens is 352 g/mol. The third kappa shape index (κ3) is 2.02. The minimum absolute atomic E-state index is 0.935. The molecule has 0 aliphatic carbocycles. The Balaban J connectivity index is 3.27. The van der Waals surface area contributed by atoms with Crippen LogP contribution in [0.25, 0.3) is 0 Å². The zero-order valence-electron chi connectivity index (χ0n) is 6.31. The Morgan fingerprint density at radius 1 is 1.17 bits per heavy atom. The van der Waals surface area contributed by atoms with E-state index in [4.69, 9.17) is 5.84 Å². The summed E-state index contributed by atoms with van der Waals surface area (Å²) in [6, 6.07) is 3.87. The van der Waals surface area contributed by atoms with Gasteiger partial charge < -0.3 is 5.01 Å². The molecule has 1 aromatic rings. The molecule has 0 unspecified atom stereocenters. The minimum Gasteiger partial charge on any atom is -0.313 e. The molecule has 1 aromatic carbocycles. The summed E-state index contributed by atoms with van der Waals surface area (Å²) in [5.41, 5.74) is 0.935. The topological polar surface area (TPSA) is 29.3 Å². The van der Waals surface area contributed by atoms with Gasteiger partial charge in [0.05, 0.1) is 10.2 Å². The predicted octanol–water partition coefficient (Wildman–Crippen LogP) is 3.28. The second-order valence-corrected chi connectivity index (χ2v) is 4.75. The quantitative estimate of drug-likeness (QED) is 0.474. The molecule has 0 fully saturated rings. The average molecular weight is 359 g/mol. The molecule has 0 radical (unpaired) electrons. The van der Waals surface area contributed by atoms with Crippen molar-refractivity contribution < 1.29 is 0 Å². The van der Waals surface area contributed by atoms with Crippen LogP contribution < -0.4 is 10.9 Å². The van der Waals surface area contributed by atoms with Crippen molar-refractivity contribution in [1.82, 2.24) is 0 Å². The highest BCUT2D eigenvalue weighted by Crippen LogP contribution is 2.36. The van der Waals surface area contributed by atoms with E-state index in [1.807, 2.05) is 12.1 Å². The first-order valence-corrected chi connectivity index (χ1v) is 5.54. The summed E-state index contributed by atoms with van der Waals surface area (Å²) in [6.45, 7) is 0. The Bertz CT molecular complexity index is 299. The number of rotatable bonds is 1. The lowest BCUT2D eigenvalue weighted by Crippen LogP contribution is -2.25. The summed E-state index contributed by atoms with van der Waals surface area (Å²) < 4.78 is 2.92. The molecule has 0 aromatic heterocycles. The maximum Gasteiger partial charge on any atom is 0.0668 e. The molecule has 0 atom stereocenters. The van der Waals surface area contributed by atoms with Crippen LogP contribution in [0.1, 0.15) is 0 Å². The number of hydrogen-bond donors (Lipinski definition) is 1. The monoisotopic (exact) mass is 356 g/mol. The second kappa shape index (κ2) is 4.09. The molecule has 2 nitrogen and oxygen atoms in total. The SMILES string of the molecule is CN(N)c1ccc(Br)c(Br)c1Br. The van der Waals surface area contributed by atoms with Gasteiger partial charge in [-0.05, 0) is 59.9 Å². The fourth-order valence-electron chi connectivity index (χ4n) is 0.788. The van der Waals surface area contributed by atoms with Gasteiger partial charge in [-0.15, -0.1) is 0 Å². The average Bonchev–Trinajstić information content (AvgIpc) is 2.00. The Labute approximate surface area is 96.5 Å². The number of nitrogens with zero attached hydrogens (tertiary/aromatic N) is 1. The van der Waals surface area contributed by atoms with E-state index in [9.17, 15) is 0 Å². The van der Waals surface area contributed by atoms with Crippen LogP contribution in [0.2, 0.25) is 0 Å². The van der Waals surface area contributed by atoms with Gasteiger partial charge >= 0.3 is 0 Å². The fourth-order valence-corrected chi connectivity index (χ4v) is 2.35. The van der Waals surface area contributed by atoms with Gasteiger partial charge in [-0.1, -0.05) is 0 Å². The van der Waals surface area contributed by atoms with E-state index in [1.165, 1.54) is 0 Å². The van der Waals surface area contributed by atoms with Gasteiger partial charge in [0.2, 0.25) is 0 Å². The smallest absolute Gasteiger partial charge is 0.0668 e.